The van der Waals surface area contributed by atoms with Crippen LogP contribution in [0.3, 0.4) is 0 Å². The van der Waals surface area contributed by atoms with Crippen LogP contribution in [-0.4, -0.2) is 20.8 Å². The third-order valence-corrected chi connectivity index (χ3v) is 5.47. The largest absolute Gasteiger partial charge is 0.332 e. The molecule has 1 atom stereocenters. The van der Waals surface area contributed by atoms with Crippen molar-refractivity contribution in [2.24, 2.45) is 7.05 Å². The van der Waals surface area contributed by atoms with Gasteiger partial charge in [-0.15, -0.1) is 11.3 Å². The number of rotatable bonds is 4. The zero-order valence-electron chi connectivity index (χ0n) is 14.6. The van der Waals surface area contributed by atoms with Crippen molar-refractivity contribution in [3.8, 4) is 10.6 Å². The topological polar surface area (TPSA) is 71.8 Å². The van der Waals surface area contributed by atoms with Gasteiger partial charge in [0, 0.05) is 29.8 Å². The molecule has 0 fully saturated rings. The van der Waals surface area contributed by atoms with Crippen LogP contribution >= 0.6 is 11.3 Å². The van der Waals surface area contributed by atoms with Gasteiger partial charge in [0.15, 0.2) is 0 Å². The molecule has 2 heterocycles. The maximum absolute atomic E-state index is 12.3. The minimum atomic E-state index is -0.166. The first-order valence-corrected chi connectivity index (χ1v) is 9.63. The third kappa shape index (κ3) is 3.62. The number of benzene rings is 1. The van der Waals surface area contributed by atoms with Crippen LogP contribution in [0.1, 0.15) is 35.8 Å². The first-order chi connectivity index (χ1) is 12.7. The Morgan fingerprint density at radius 3 is 3.04 bits per heavy atom. The SMILES string of the molecule is Cn1cc2c(n1)CCCC2NC(=O)NCc1csc(-c2ccccc2)n1. The molecule has 2 amide bonds. The molecule has 1 aromatic carbocycles. The van der Waals surface area contributed by atoms with Crippen LogP contribution in [0.5, 0.6) is 0 Å². The molecule has 2 N–H and O–H groups in total. The number of thiazole rings is 1. The molecule has 3 aromatic rings. The van der Waals surface area contributed by atoms with E-state index in [1.165, 1.54) is 0 Å². The second-order valence-electron chi connectivity index (χ2n) is 6.49. The summed E-state index contributed by atoms with van der Waals surface area (Å²) in [7, 11) is 1.92. The predicted molar refractivity (Wildman–Crippen MR) is 102 cm³/mol. The minimum Gasteiger partial charge on any atom is -0.332 e. The Kier molecular flexibility index (Phi) is 4.71. The number of nitrogens with zero attached hydrogens (tertiary/aromatic N) is 3. The summed E-state index contributed by atoms with van der Waals surface area (Å²) < 4.78 is 1.82. The van der Waals surface area contributed by atoms with E-state index in [4.69, 9.17) is 0 Å². The van der Waals surface area contributed by atoms with Gasteiger partial charge in [-0.3, -0.25) is 4.68 Å². The molecule has 26 heavy (non-hydrogen) atoms. The number of fused-ring (bicyclic) bond motifs is 1. The molecule has 1 unspecified atom stereocenters. The van der Waals surface area contributed by atoms with Crippen molar-refractivity contribution < 1.29 is 4.79 Å². The Hall–Kier alpha value is -2.67. The lowest BCUT2D eigenvalue weighted by molar-refractivity contribution is 0.235. The first-order valence-electron chi connectivity index (χ1n) is 8.75. The fourth-order valence-corrected chi connectivity index (χ4v) is 4.12. The molecule has 7 heteroatoms. The van der Waals surface area contributed by atoms with Gasteiger partial charge < -0.3 is 10.6 Å². The number of aromatic nitrogens is 3. The zero-order valence-corrected chi connectivity index (χ0v) is 15.4. The molecule has 2 aromatic heterocycles. The number of nitrogens with one attached hydrogen (secondary N) is 2. The van der Waals surface area contributed by atoms with Crippen LogP contribution in [-0.2, 0) is 20.0 Å². The maximum Gasteiger partial charge on any atom is 0.315 e. The summed E-state index contributed by atoms with van der Waals surface area (Å²) in [6.07, 6.45) is 4.98. The number of hydrogen-bond acceptors (Lipinski definition) is 4. The van der Waals surface area contributed by atoms with Crippen molar-refractivity contribution in [2.45, 2.75) is 31.8 Å². The molecule has 0 spiro atoms. The fourth-order valence-electron chi connectivity index (χ4n) is 3.30. The van der Waals surface area contributed by atoms with Crippen molar-refractivity contribution in [1.82, 2.24) is 25.4 Å². The maximum atomic E-state index is 12.3. The number of amides is 2. The molecule has 0 aliphatic heterocycles. The molecule has 6 nitrogen and oxygen atoms in total. The molecule has 0 bridgehead atoms. The zero-order chi connectivity index (χ0) is 17.9. The molecular weight excluding hydrogens is 346 g/mol. The summed E-state index contributed by atoms with van der Waals surface area (Å²) in [5, 5.41) is 13.4. The van der Waals surface area contributed by atoms with E-state index in [2.05, 4.69) is 20.7 Å². The highest BCUT2D eigenvalue weighted by Crippen LogP contribution is 2.28. The van der Waals surface area contributed by atoms with E-state index < -0.39 is 0 Å². The summed E-state index contributed by atoms with van der Waals surface area (Å²) in [5.41, 5.74) is 4.19. The average Bonchev–Trinajstić information content (AvgIpc) is 3.27. The highest BCUT2D eigenvalue weighted by Gasteiger charge is 2.24. The van der Waals surface area contributed by atoms with Crippen LogP contribution < -0.4 is 10.6 Å². The Labute approximate surface area is 156 Å². The lowest BCUT2D eigenvalue weighted by Gasteiger charge is -2.22. The number of aryl methyl sites for hydroxylation is 2. The normalized spacial score (nSPS) is 16.1. The lowest BCUT2D eigenvalue weighted by Crippen LogP contribution is -2.38. The standard InChI is InChI=1S/C19H21N5OS/c1-24-11-15-16(8-5-9-17(15)23-24)22-19(25)20-10-14-12-26-18(21-14)13-6-3-2-4-7-13/h2-4,6-7,11-12,16H,5,8-10H2,1H3,(H2,20,22,25). The van der Waals surface area contributed by atoms with Gasteiger partial charge >= 0.3 is 6.03 Å². The smallest absolute Gasteiger partial charge is 0.315 e. The van der Waals surface area contributed by atoms with Gasteiger partial charge in [-0.05, 0) is 19.3 Å². The van der Waals surface area contributed by atoms with Gasteiger partial charge in [-0.25, -0.2) is 9.78 Å². The Bertz CT molecular complexity index is 902. The summed E-state index contributed by atoms with van der Waals surface area (Å²) in [6, 6.07) is 9.93. The Morgan fingerprint density at radius 1 is 1.35 bits per heavy atom. The average molecular weight is 367 g/mol. The molecule has 0 radical (unpaired) electrons. The Morgan fingerprint density at radius 2 is 2.19 bits per heavy atom. The number of carbonyl (C=O) groups is 1. The number of carbonyl (C=O) groups excluding carboxylic acids is 1. The summed E-state index contributed by atoms with van der Waals surface area (Å²) >= 11 is 1.59. The summed E-state index contributed by atoms with van der Waals surface area (Å²) in [5.74, 6) is 0. The lowest BCUT2D eigenvalue weighted by atomic mass is 9.93. The minimum absolute atomic E-state index is 0.0303. The van der Waals surface area contributed by atoms with Crippen molar-refractivity contribution in [3.05, 3.63) is 58.9 Å². The Balaban J connectivity index is 1.34. The highest BCUT2D eigenvalue weighted by molar-refractivity contribution is 7.13. The van der Waals surface area contributed by atoms with Gasteiger partial charge in [0.25, 0.3) is 0 Å². The van der Waals surface area contributed by atoms with Gasteiger partial charge in [0.05, 0.1) is 24.0 Å². The van der Waals surface area contributed by atoms with Gasteiger partial charge in [-0.1, -0.05) is 30.3 Å². The van der Waals surface area contributed by atoms with Gasteiger partial charge in [0.1, 0.15) is 5.01 Å². The number of hydrogen-bond donors (Lipinski definition) is 2. The molecule has 0 saturated heterocycles. The van der Waals surface area contributed by atoms with Crippen molar-refractivity contribution >= 4 is 17.4 Å². The first kappa shape index (κ1) is 16.8. The highest BCUT2D eigenvalue weighted by atomic mass is 32.1. The molecule has 0 saturated carbocycles. The van der Waals surface area contributed by atoms with Crippen molar-refractivity contribution in [1.29, 1.82) is 0 Å². The molecule has 1 aliphatic carbocycles. The molecular formula is C19H21N5OS. The third-order valence-electron chi connectivity index (χ3n) is 4.53. The predicted octanol–water partition coefficient (Wildman–Crippen LogP) is 3.42. The monoisotopic (exact) mass is 367 g/mol. The van der Waals surface area contributed by atoms with Crippen LogP contribution in [0.2, 0.25) is 0 Å². The molecule has 134 valence electrons. The molecule has 4 rings (SSSR count). The second kappa shape index (κ2) is 7.29. The van der Waals surface area contributed by atoms with E-state index in [1.807, 2.05) is 53.6 Å². The molecule has 1 aliphatic rings. The van der Waals surface area contributed by atoms with E-state index in [0.29, 0.717) is 6.54 Å². The summed E-state index contributed by atoms with van der Waals surface area (Å²) in [4.78, 5) is 16.9. The fraction of sp³-hybridized carbons (Fsp3) is 0.316. The van der Waals surface area contributed by atoms with Crippen LogP contribution in [0.25, 0.3) is 10.6 Å². The van der Waals surface area contributed by atoms with Crippen LogP contribution in [0.15, 0.2) is 41.9 Å². The van der Waals surface area contributed by atoms with E-state index in [0.717, 1.165) is 46.8 Å². The summed E-state index contributed by atoms with van der Waals surface area (Å²) in [6.45, 7) is 0.418. The van der Waals surface area contributed by atoms with Crippen molar-refractivity contribution in [2.75, 3.05) is 0 Å². The van der Waals surface area contributed by atoms with Crippen LogP contribution in [0.4, 0.5) is 4.79 Å². The van der Waals surface area contributed by atoms with Gasteiger partial charge in [0.2, 0.25) is 0 Å². The number of urea groups is 1. The van der Waals surface area contributed by atoms with E-state index in [-0.39, 0.29) is 12.1 Å². The van der Waals surface area contributed by atoms with E-state index >= 15 is 0 Å². The second-order valence-corrected chi connectivity index (χ2v) is 7.34. The van der Waals surface area contributed by atoms with E-state index in [9.17, 15) is 4.79 Å². The quantitative estimate of drug-likeness (QED) is 0.742. The van der Waals surface area contributed by atoms with Gasteiger partial charge in [-0.2, -0.15) is 5.10 Å². The van der Waals surface area contributed by atoms with Crippen LogP contribution in [0, 0.1) is 0 Å². The van der Waals surface area contributed by atoms with Crippen molar-refractivity contribution in [3.63, 3.8) is 0 Å². The van der Waals surface area contributed by atoms with E-state index in [1.54, 1.807) is 11.3 Å².